The topological polar surface area (TPSA) is 103 Å². The van der Waals surface area contributed by atoms with E-state index in [1.807, 2.05) is 37.3 Å². The fraction of sp³-hybridized carbons (Fsp3) is 0.235. The number of amides is 3. The van der Waals surface area contributed by atoms with Gasteiger partial charge in [0.2, 0.25) is 5.91 Å². The summed E-state index contributed by atoms with van der Waals surface area (Å²) in [5, 5.41) is 14.4. The number of carbonyl (C=O) groups excluding carboxylic acids is 3. The van der Waals surface area contributed by atoms with Gasteiger partial charge in [0.05, 0.1) is 43.2 Å². The summed E-state index contributed by atoms with van der Waals surface area (Å²) in [5.41, 5.74) is 1.89. The summed E-state index contributed by atoms with van der Waals surface area (Å²) in [5.74, 6) is -1.57. The number of hydrogen-bond donors (Lipinski definition) is 1. The van der Waals surface area contributed by atoms with Crippen LogP contribution in [0.25, 0.3) is 10.8 Å². The average Bonchev–Trinajstić information content (AvgIpc) is 3.14. The highest BCUT2D eigenvalue weighted by atomic mass is 79.9. The number of benzene rings is 4. The monoisotopic (exact) mass is 656 g/mol. The van der Waals surface area contributed by atoms with Crippen molar-refractivity contribution in [3.63, 3.8) is 0 Å². The Bertz CT molecular complexity index is 1800. The van der Waals surface area contributed by atoms with Gasteiger partial charge in [-0.05, 0) is 77.9 Å². The maximum atomic E-state index is 14.5. The smallest absolute Gasteiger partial charge is 0.258 e. The fourth-order valence-corrected chi connectivity index (χ4v) is 5.65. The number of ether oxygens (including phenoxy) is 1. The molecule has 0 radical (unpaired) electrons. The fourth-order valence-electron chi connectivity index (χ4n) is 5.27. The molecule has 1 heterocycles. The normalized spacial score (nSPS) is 15.3. The number of hydrogen-bond acceptors (Lipinski definition) is 5. The van der Waals surface area contributed by atoms with E-state index in [-0.39, 0.29) is 36.0 Å². The van der Waals surface area contributed by atoms with Crippen molar-refractivity contribution in [3.8, 4) is 11.8 Å². The molecule has 0 aliphatic carbocycles. The third-order valence-electron chi connectivity index (χ3n) is 7.91. The molecule has 0 saturated carbocycles. The molecular formula is C34H30BrFN4O4. The molecule has 0 unspecified atom stereocenters. The van der Waals surface area contributed by atoms with Gasteiger partial charge in [-0.25, -0.2) is 4.39 Å². The van der Waals surface area contributed by atoms with E-state index in [9.17, 15) is 24.0 Å². The van der Waals surface area contributed by atoms with Crippen molar-refractivity contribution in [2.24, 2.45) is 5.92 Å². The number of carbonyl (C=O) groups is 3. The van der Waals surface area contributed by atoms with Crippen LogP contribution in [-0.2, 0) is 16.1 Å². The zero-order valence-electron chi connectivity index (χ0n) is 24.4. The molecule has 5 rings (SSSR count). The van der Waals surface area contributed by atoms with Gasteiger partial charge >= 0.3 is 0 Å². The number of nitrogens with zero attached hydrogens (tertiary/aromatic N) is 3. The first-order chi connectivity index (χ1) is 21.1. The Labute approximate surface area is 263 Å². The van der Waals surface area contributed by atoms with Crippen molar-refractivity contribution >= 4 is 55.8 Å². The van der Waals surface area contributed by atoms with Gasteiger partial charge in [-0.1, -0.05) is 41.9 Å². The second kappa shape index (κ2) is 12.9. The summed E-state index contributed by atoms with van der Waals surface area (Å²) in [6.07, 6.45) is 0.559. The van der Waals surface area contributed by atoms with Crippen LogP contribution in [0.5, 0.6) is 5.75 Å². The van der Waals surface area contributed by atoms with Gasteiger partial charge in [-0.2, -0.15) is 5.26 Å². The molecule has 0 spiro atoms. The van der Waals surface area contributed by atoms with E-state index in [0.29, 0.717) is 23.5 Å². The molecule has 2 atom stereocenters. The summed E-state index contributed by atoms with van der Waals surface area (Å²) in [4.78, 5) is 44.5. The van der Waals surface area contributed by atoms with Crippen molar-refractivity contribution in [3.05, 3.63) is 99.8 Å². The summed E-state index contributed by atoms with van der Waals surface area (Å²) < 4.78 is 20.4. The highest BCUT2D eigenvalue weighted by Gasteiger charge is 2.38. The summed E-state index contributed by atoms with van der Waals surface area (Å²) in [6.45, 7) is 3.49. The molecule has 0 saturated heterocycles. The average molecular weight is 658 g/mol. The van der Waals surface area contributed by atoms with E-state index in [1.54, 1.807) is 32.2 Å². The SMILES string of the molecule is CC[C@@H](C)C(=O)N[C@H]1CN(C(=O)c2ccc(F)cc2)c2cc(C#N)ccc2N(Cc2c(OC)ccc3cc(Br)ccc23)C1=O. The first-order valence-corrected chi connectivity index (χ1v) is 14.9. The van der Waals surface area contributed by atoms with Crippen LogP contribution in [0.15, 0.2) is 77.3 Å². The Morgan fingerprint density at radius 2 is 1.84 bits per heavy atom. The summed E-state index contributed by atoms with van der Waals surface area (Å²) in [6, 6.07) is 20.4. The third kappa shape index (κ3) is 6.01. The highest BCUT2D eigenvalue weighted by Crippen LogP contribution is 2.38. The lowest BCUT2D eigenvalue weighted by atomic mass is 10.0. The van der Waals surface area contributed by atoms with Gasteiger partial charge in [0.15, 0.2) is 0 Å². The molecule has 44 heavy (non-hydrogen) atoms. The van der Waals surface area contributed by atoms with E-state index in [2.05, 4.69) is 27.3 Å². The van der Waals surface area contributed by atoms with Crippen molar-refractivity contribution in [1.82, 2.24) is 5.32 Å². The second-order valence-electron chi connectivity index (χ2n) is 10.6. The molecule has 1 aliphatic heterocycles. The summed E-state index contributed by atoms with van der Waals surface area (Å²) in [7, 11) is 1.55. The molecule has 224 valence electrons. The van der Waals surface area contributed by atoms with Crippen molar-refractivity contribution in [1.29, 1.82) is 5.26 Å². The molecule has 1 N–H and O–H groups in total. The lowest BCUT2D eigenvalue weighted by Gasteiger charge is -2.27. The van der Waals surface area contributed by atoms with Crippen LogP contribution in [-0.4, -0.2) is 37.4 Å². The Morgan fingerprint density at radius 3 is 2.52 bits per heavy atom. The lowest BCUT2D eigenvalue weighted by molar-refractivity contribution is -0.129. The summed E-state index contributed by atoms with van der Waals surface area (Å²) >= 11 is 3.52. The van der Waals surface area contributed by atoms with Crippen LogP contribution in [0.1, 0.15) is 41.8 Å². The maximum absolute atomic E-state index is 14.5. The third-order valence-corrected chi connectivity index (χ3v) is 8.41. The van der Waals surface area contributed by atoms with Gasteiger partial charge in [0, 0.05) is 21.5 Å². The quantitative estimate of drug-likeness (QED) is 0.250. The molecule has 1 aliphatic rings. The first-order valence-electron chi connectivity index (χ1n) is 14.1. The van der Waals surface area contributed by atoms with Gasteiger partial charge in [0.1, 0.15) is 17.6 Å². The van der Waals surface area contributed by atoms with Crippen LogP contribution < -0.4 is 19.9 Å². The molecule has 4 aromatic rings. The predicted octanol–water partition coefficient (Wildman–Crippen LogP) is 6.35. The number of nitriles is 1. The standard InChI is InChI=1S/C34H30BrFN4O4/c1-4-20(2)32(41)38-28-19-40(33(42)22-6-10-25(36)11-7-22)30-15-21(17-37)5-13-29(30)39(34(28)43)18-27-26-12-9-24(35)16-23(26)8-14-31(27)44-3/h5-16,20,28H,4,18-19H2,1-3H3,(H,38,41)/t20-,28+/m1/s1. The molecule has 0 fully saturated rings. The van der Waals surface area contributed by atoms with Crippen LogP contribution in [0.4, 0.5) is 15.8 Å². The van der Waals surface area contributed by atoms with E-state index in [1.165, 1.54) is 34.1 Å². The number of anilines is 2. The Morgan fingerprint density at radius 1 is 1.09 bits per heavy atom. The Hall–Kier alpha value is -4.75. The molecule has 10 heteroatoms. The molecule has 0 aromatic heterocycles. The van der Waals surface area contributed by atoms with E-state index in [0.717, 1.165) is 20.8 Å². The number of fused-ring (bicyclic) bond motifs is 2. The van der Waals surface area contributed by atoms with Crippen LogP contribution in [0.2, 0.25) is 0 Å². The lowest BCUT2D eigenvalue weighted by Crippen LogP contribution is -2.53. The largest absolute Gasteiger partial charge is 0.496 e. The highest BCUT2D eigenvalue weighted by molar-refractivity contribution is 9.10. The van der Waals surface area contributed by atoms with Gasteiger partial charge in [0.25, 0.3) is 11.8 Å². The minimum Gasteiger partial charge on any atom is -0.496 e. The molecule has 0 bridgehead atoms. The minimum atomic E-state index is -1.12. The van der Waals surface area contributed by atoms with Gasteiger partial charge in [-0.15, -0.1) is 0 Å². The van der Waals surface area contributed by atoms with Crippen LogP contribution in [0.3, 0.4) is 0 Å². The zero-order chi connectivity index (χ0) is 31.5. The number of halogens is 2. The Balaban J connectivity index is 1.70. The van der Waals surface area contributed by atoms with E-state index < -0.39 is 23.7 Å². The zero-order valence-corrected chi connectivity index (χ0v) is 26.0. The molecular weight excluding hydrogens is 627 g/mol. The minimum absolute atomic E-state index is 0.0498. The predicted molar refractivity (Wildman–Crippen MR) is 170 cm³/mol. The van der Waals surface area contributed by atoms with Crippen LogP contribution in [0, 0.1) is 23.1 Å². The second-order valence-corrected chi connectivity index (χ2v) is 11.6. The molecule has 4 aromatic carbocycles. The molecule has 8 nitrogen and oxygen atoms in total. The van der Waals surface area contributed by atoms with Crippen molar-refractivity contribution in [2.75, 3.05) is 23.5 Å². The number of methoxy groups -OCH3 is 1. The molecule has 3 amide bonds. The number of rotatable bonds is 7. The van der Waals surface area contributed by atoms with E-state index >= 15 is 0 Å². The Kier molecular flexibility index (Phi) is 8.97. The van der Waals surface area contributed by atoms with Crippen molar-refractivity contribution < 1.29 is 23.5 Å². The van der Waals surface area contributed by atoms with Gasteiger partial charge < -0.3 is 19.9 Å². The number of nitrogens with one attached hydrogen (secondary N) is 1. The first kappa shape index (κ1) is 30.7. The van der Waals surface area contributed by atoms with Crippen molar-refractivity contribution in [2.45, 2.75) is 32.9 Å². The maximum Gasteiger partial charge on any atom is 0.258 e. The van der Waals surface area contributed by atoms with E-state index in [4.69, 9.17) is 4.74 Å². The van der Waals surface area contributed by atoms with Gasteiger partial charge in [-0.3, -0.25) is 14.4 Å². The van der Waals surface area contributed by atoms with Crippen LogP contribution >= 0.6 is 15.9 Å².